The molecule has 0 amide bonds. The van der Waals surface area contributed by atoms with Crippen molar-refractivity contribution in [1.29, 1.82) is 0 Å². The highest BCUT2D eigenvalue weighted by atomic mass is 16.5. The minimum Gasteiger partial charge on any atom is -0.491 e. The normalized spacial score (nSPS) is 18.6. The van der Waals surface area contributed by atoms with E-state index in [0.29, 0.717) is 19.1 Å². The summed E-state index contributed by atoms with van der Waals surface area (Å²) in [6.07, 6.45) is 1.18. The van der Waals surface area contributed by atoms with Gasteiger partial charge in [0.25, 0.3) is 0 Å². The van der Waals surface area contributed by atoms with Gasteiger partial charge in [0.1, 0.15) is 12.4 Å². The van der Waals surface area contributed by atoms with Gasteiger partial charge in [0.05, 0.1) is 19.8 Å². The topological polar surface area (TPSA) is 39.7 Å². The molecule has 1 aromatic carbocycles. The third kappa shape index (κ3) is 6.05. The first-order valence-electron chi connectivity index (χ1n) is 6.99. The molecule has 1 aromatic rings. The van der Waals surface area contributed by atoms with E-state index >= 15 is 0 Å². The quantitative estimate of drug-likeness (QED) is 0.690. The molecule has 106 valence electrons. The van der Waals surface area contributed by atoms with Crippen molar-refractivity contribution in [2.45, 2.75) is 6.42 Å². The first-order valence-corrected chi connectivity index (χ1v) is 6.99. The molecular weight excluding hydrogens is 242 g/mol. The van der Waals surface area contributed by atoms with E-state index in [0.717, 1.165) is 38.7 Å². The zero-order valence-corrected chi connectivity index (χ0v) is 11.3. The van der Waals surface area contributed by atoms with E-state index in [1.807, 2.05) is 30.3 Å². The Kier molecular flexibility index (Phi) is 6.71. The lowest BCUT2D eigenvalue weighted by atomic mass is 10.1. The Labute approximate surface area is 115 Å². The van der Waals surface area contributed by atoms with Gasteiger partial charge in [-0.1, -0.05) is 18.2 Å². The van der Waals surface area contributed by atoms with E-state index in [1.165, 1.54) is 6.42 Å². The summed E-state index contributed by atoms with van der Waals surface area (Å²) in [6, 6.07) is 9.81. The second kappa shape index (κ2) is 8.91. The number of rotatable bonds is 9. The van der Waals surface area contributed by atoms with Crippen molar-refractivity contribution in [3.63, 3.8) is 0 Å². The predicted molar refractivity (Wildman–Crippen MR) is 74.6 cm³/mol. The average Bonchev–Trinajstić information content (AvgIpc) is 2.96. The van der Waals surface area contributed by atoms with E-state index in [2.05, 4.69) is 5.32 Å². The molecule has 2 rings (SSSR count). The number of nitrogens with one attached hydrogen (secondary N) is 1. The van der Waals surface area contributed by atoms with Crippen molar-refractivity contribution in [2.75, 3.05) is 46.1 Å². The second-order valence-corrected chi connectivity index (χ2v) is 4.71. The molecule has 1 fully saturated rings. The number of benzene rings is 1. The summed E-state index contributed by atoms with van der Waals surface area (Å²) in [4.78, 5) is 0. The van der Waals surface area contributed by atoms with Crippen LogP contribution in [0.3, 0.4) is 0 Å². The first-order chi connectivity index (χ1) is 9.45. The Morgan fingerprint density at radius 3 is 2.84 bits per heavy atom. The maximum atomic E-state index is 5.53. The molecule has 1 saturated heterocycles. The molecule has 4 nitrogen and oxygen atoms in total. The average molecular weight is 265 g/mol. The van der Waals surface area contributed by atoms with Crippen LogP contribution in [0.1, 0.15) is 6.42 Å². The van der Waals surface area contributed by atoms with Crippen LogP contribution in [0.15, 0.2) is 30.3 Å². The molecule has 0 aromatic heterocycles. The Bertz CT molecular complexity index is 325. The van der Waals surface area contributed by atoms with Gasteiger partial charge < -0.3 is 19.5 Å². The molecule has 0 saturated carbocycles. The molecule has 1 aliphatic rings. The predicted octanol–water partition coefficient (Wildman–Crippen LogP) is 1.71. The maximum Gasteiger partial charge on any atom is 0.119 e. The van der Waals surface area contributed by atoms with Crippen LogP contribution in [-0.4, -0.2) is 46.1 Å². The molecule has 0 aliphatic carbocycles. The zero-order chi connectivity index (χ0) is 13.2. The second-order valence-electron chi connectivity index (χ2n) is 4.71. The molecule has 1 aliphatic heterocycles. The molecule has 0 bridgehead atoms. The Hall–Kier alpha value is -1.10. The summed E-state index contributed by atoms with van der Waals surface area (Å²) in [5, 5.41) is 3.39. The molecule has 1 N–H and O–H groups in total. The third-order valence-corrected chi connectivity index (χ3v) is 3.12. The molecule has 1 atom stereocenters. The van der Waals surface area contributed by atoms with Gasteiger partial charge in [-0.15, -0.1) is 0 Å². The summed E-state index contributed by atoms with van der Waals surface area (Å²) in [7, 11) is 0. The number of hydrogen-bond acceptors (Lipinski definition) is 4. The lowest BCUT2D eigenvalue weighted by Crippen LogP contribution is -2.27. The van der Waals surface area contributed by atoms with Gasteiger partial charge >= 0.3 is 0 Å². The van der Waals surface area contributed by atoms with Crippen molar-refractivity contribution < 1.29 is 14.2 Å². The number of ether oxygens (including phenoxy) is 3. The van der Waals surface area contributed by atoms with Gasteiger partial charge in [0.2, 0.25) is 0 Å². The minimum atomic E-state index is 0.598. The third-order valence-electron chi connectivity index (χ3n) is 3.12. The summed E-state index contributed by atoms with van der Waals surface area (Å²) in [6.45, 7) is 5.69. The van der Waals surface area contributed by atoms with Crippen LogP contribution in [0.25, 0.3) is 0 Å². The van der Waals surface area contributed by atoms with E-state index in [4.69, 9.17) is 14.2 Å². The standard InChI is InChI=1S/C15H23NO3/c1-2-4-15(5-3-1)19-11-10-17-9-7-16-12-14-6-8-18-13-14/h1-5,14,16H,6-13H2. The molecule has 0 spiro atoms. The smallest absolute Gasteiger partial charge is 0.119 e. The fraction of sp³-hybridized carbons (Fsp3) is 0.600. The Balaban J connectivity index is 1.38. The van der Waals surface area contributed by atoms with E-state index in [-0.39, 0.29) is 0 Å². The van der Waals surface area contributed by atoms with Crippen molar-refractivity contribution in [2.24, 2.45) is 5.92 Å². The first kappa shape index (κ1) is 14.3. The largest absolute Gasteiger partial charge is 0.491 e. The zero-order valence-electron chi connectivity index (χ0n) is 11.3. The van der Waals surface area contributed by atoms with Gasteiger partial charge in [0, 0.05) is 19.7 Å². The van der Waals surface area contributed by atoms with E-state index < -0.39 is 0 Å². The van der Waals surface area contributed by atoms with Crippen LogP contribution in [0.2, 0.25) is 0 Å². The van der Waals surface area contributed by atoms with Crippen molar-refractivity contribution in [1.82, 2.24) is 5.32 Å². The summed E-state index contributed by atoms with van der Waals surface area (Å²) < 4.78 is 16.4. The van der Waals surface area contributed by atoms with Crippen LogP contribution in [0, 0.1) is 5.92 Å². The summed E-state index contributed by atoms with van der Waals surface area (Å²) >= 11 is 0. The lowest BCUT2D eigenvalue weighted by molar-refractivity contribution is 0.101. The number of hydrogen-bond donors (Lipinski definition) is 1. The van der Waals surface area contributed by atoms with Crippen molar-refractivity contribution in [3.8, 4) is 5.75 Å². The monoisotopic (exact) mass is 265 g/mol. The van der Waals surface area contributed by atoms with Gasteiger partial charge in [-0.25, -0.2) is 0 Å². The fourth-order valence-corrected chi connectivity index (χ4v) is 2.03. The Morgan fingerprint density at radius 2 is 2.05 bits per heavy atom. The van der Waals surface area contributed by atoms with E-state index in [1.54, 1.807) is 0 Å². The van der Waals surface area contributed by atoms with Crippen molar-refractivity contribution in [3.05, 3.63) is 30.3 Å². The molecule has 1 unspecified atom stereocenters. The molecule has 0 radical (unpaired) electrons. The lowest BCUT2D eigenvalue weighted by Gasteiger charge is -2.10. The van der Waals surface area contributed by atoms with Crippen LogP contribution in [0.4, 0.5) is 0 Å². The molecule has 4 heteroatoms. The van der Waals surface area contributed by atoms with Gasteiger partial charge in [-0.2, -0.15) is 0 Å². The minimum absolute atomic E-state index is 0.598. The highest BCUT2D eigenvalue weighted by molar-refractivity contribution is 5.20. The number of para-hydroxylation sites is 1. The Morgan fingerprint density at radius 1 is 1.16 bits per heavy atom. The highest BCUT2D eigenvalue weighted by Crippen LogP contribution is 2.10. The fourth-order valence-electron chi connectivity index (χ4n) is 2.03. The maximum absolute atomic E-state index is 5.53. The van der Waals surface area contributed by atoms with Crippen LogP contribution in [-0.2, 0) is 9.47 Å². The van der Waals surface area contributed by atoms with Crippen LogP contribution >= 0.6 is 0 Å². The molecular formula is C15H23NO3. The summed E-state index contributed by atoms with van der Waals surface area (Å²) in [5.74, 6) is 1.58. The van der Waals surface area contributed by atoms with Crippen LogP contribution in [0.5, 0.6) is 5.75 Å². The van der Waals surface area contributed by atoms with Gasteiger partial charge in [-0.3, -0.25) is 0 Å². The van der Waals surface area contributed by atoms with Crippen LogP contribution < -0.4 is 10.1 Å². The van der Waals surface area contributed by atoms with E-state index in [9.17, 15) is 0 Å². The SMILES string of the molecule is c1ccc(OCCOCCNCC2CCOC2)cc1. The highest BCUT2D eigenvalue weighted by Gasteiger charge is 2.14. The molecule has 1 heterocycles. The van der Waals surface area contributed by atoms with Gasteiger partial charge in [-0.05, 0) is 24.5 Å². The van der Waals surface area contributed by atoms with Crippen molar-refractivity contribution >= 4 is 0 Å². The summed E-state index contributed by atoms with van der Waals surface area (Å²) in [5.41, 5.74) is 0. The van der Waals surface area contributed by atoms with Gasteiger partial charge in [0.15, 0.2) is 0 Å². The molecule has 19 heavy (non-hydrogen) atoms.